The Kier molecular flexibility index (Phi) is 7.72. The standard InChI is InChI=1S/C17H25N5O2S/c1-3-5-11-21(12-6-4-2)16(24)13-25-17-18-19-20-22(17)14-7-9-15(23)10-8-14/h7-10,23H,3-6,11-13H2,1-2H3. The molecule has 1 aromatic carbocycles. The zero-order valence-corrected chi connectivity index (χ0v) is 15.6. The average molecular weight is 363 g/mol. The second kappa shape index (κ2) is 10.0. The van der Waals surface area contributed by atoms with Crippen LogP contribution >= 0.6 is 11.8 Å². The minimum Gasteiger partial charge on any atom is -0.508 e. The molecule has 1 amide bonds. The number of thioether (sulfide) groups is 1. The molecule has 8 heteroatoms. The third-order valence-electron chi connectivity index (χ3n) is 3.78. The Labute approximate surface area is 152 Å². The molecule has 2 aromatic rings. The molecule has 0 aliphatic heterocycles. The molecule has 0 saturated heterocycles. The van der Waals surface area contributed by atoms with E-state index in [2.05, 4.69) is 29.4 Å². The second-order valence-electron chi connectivity index (χ2n) is 5.77. The summed E-state index contributed by atoms with van der Waals surface area (Å²) in [5.41, 5.74) is 0.742. The van der Waals surface area contributed by atoms with Crippen LogP contribution in [0.25, 0.3) is 5.69 Å². The topological polar surface area (TPSA) is 84.1 Å². The molecule has 0 saturated carbocycles. The van der Waals surface area contributed by atoms with Crippen LogP contribution in [0.4, 0.5) is 0 Å². The van der Waals surface area contributed by atoms with E-state index in [1.807, 2.05) is 4.90 Å². The van der Waals surface area contributed by atoms with Gasteiger partial charge in [-0.25, -0.2) is 0 Å². The summed E-state index contributed by atoms with van der Waals surface area (Å²) in [6.07, 6.45) is 4.18. The van der Waals surface area contributed by atoms with E-state index in [1.165, 1.54) is 11.8 Å². The van der Waals surface area contributed by atoms with E-state index in [4.69, 9.17) is 0 Å². The molecule has 0 aliphatic carbocycles. The van der Waals surface area contributed by atoms with Crippen LogP contribution in [-0.4, -0.2) is 55.0 Å². The number of rotatable bonds is 10. The van der Waals surface area contributed by atoms with Crippen molar-refractivity contribution in [2.75, 3.05) is 18.8 Å². The van der Waals surface area contributed by atoms with Gasteiger partial charge in [-0.1, -0.05) is 38.5 Å². The highest BCUT2D eigenvalue weighted by Gasteiger charge is 2.16. The van der Waals surface area contributed by atoms with Gasteiger partial charge in [0, 0.05) is 13.1 Å². The van der Waals surface area contributed by atoms with Crippen molar-refractivity contribution in [2.24, 2.45) is 0 Å². The molecule has 136 valence electrons. The number of unbranched alkanes of at least 4 members (excludes halogenated alkanes) is 2. The maximum absolute atomic E-state index is 12.5. The number of carbonyl (C=O) groups excluding carboxylic acids is 1. The predicted molar refractivity (Wildman–Crippen MR) is 97.9 cm³/mol. The number of phenolic OH excluding ortho intramolecular Hbond substituents is 1. The molecule has 0 bridgehead atoms. The molecule has 0 radical (unpaired) electrons. The smallest absolute Gasteiger partial charge is 0.233 e. The molecule has 25 heavy (non-hydrogen) atoms. The average Bonchev–Trinajstić information content (AvgIpc) is 3.09. The molecule has 2 rings (SSSR count). The normalized spacial score (nSPS) is 10.8. The van der Waals surface area contributed by atoms with Gasteiger partial charge in [-0.3, -0.25) is 4.79 Å². The Morgan fingerprint density at radius 1 is 1.16 bits per heavy atom. The predicted octanol–water partition coefficient (Wildman–Crippen LogP) is 2.89. The summed E-state index contributed by atoms with van der Waals surface area (Å²) in [4.78, 5) is 14.5. The number of phenols is 1. The van der Waals surface area contributed by atoms with E-state index in [0.29, 0.717) is 10.9 Å². The fraction of sp³-hybridized carbons (Fsp3) is 0.529. The number of aromatic hydroxyl groups is 1. The first-order chi connectivity index (χ1) is 12.2. The van der Waals surface area contributed by atoms with E-state index >= 15 is 0 Å². The largest absolute Gasteiger partial charge is 0.508 e. The lowest BCUT2D eigenvalue weighted by Crippen LogP contribution is -2.34. The Morgan fingerprint density at radius 2 is 1.80 bits per heavy atom. The van der Waals surface area contributed by atoms with Gasteiger partial charge in [0.25, 0.3) is 0 Å². The van der Waals surface area contributed by atoms with E-state index in [0.717, 1.165) is 44.5 Å². The molecular formula is C17H25N5O2S. The monoisotopic (exact) mass is 363 g/mol. The highest BCUT2D eigenvalue weighted by molar-refractivity contribution is 7.99. The summed E-state index contributed by atoms with van der Waals surface area (Å²) >= 11 is 1.33. The zero-order valence-electron chi connectivity index (χ0n) is 14.8. The van der Waals surface area contributed by atoms with Gasteiger partial charge in [0.2, 0.25) is 11.1 Å². The number of nitrogens with zero attached hydrogens (tertiary/aromatic N) is 5. The first kappa shape index (κ1) is 19.2. The fourth-order valence-corrected chi connectivity index (χ4v) is 3.10. The number of aromatic nitrogens is 4. The van der Waals surface area contributed by atoms with E-state index < -0.39 is 0 Å². The number of amides is 1. The van der Waals surface area contributed by atoms with Crippen LogP contribution in [0.2, 0.25) is 0 Å². The fourth-order valence-electron chi connectivity index (χ4n) is 2.30. The molecule has 0 unspecified atom stereocenters. The van der Waals surface area contributed by atoms with Crippen molar-refractivity contribution in [3.63, 3.8) is 0 Å². The third-order valence-corrected chi connectivity index (χ3v) is 4.68. The molecule has 0 fully saturated rings. The summed E-state index contributed by atoms with van der Waals surface area (Å²) in [5.74, 6) is 0.613. The van der Waals surface area contributed by atoms with Crippen LogP contribution in [0.5, 0.6) is 5.75 Å². The lowest BCUT2D eigenvalue weighted by molar-refractivity contribution is -0.128. The minimum atomic E-state index is 0.118. The molecule has 1 heterocycles. The van der Waals surface area contributed by atoms with Gasteiger partial charge in [-0.15, -0.1) is 5.10 Å². The first-order valence-electron chi connectivity index (χ1n) is 8.64. The van der Waals surface area contributed by atoms with Gasteiger partial charge >= 0.3 is 0 Å². The number of hydrogen-bond acceptors (Lipinski definition) is 6. The summed E-state index contributed by atoms with van der Waals surface area (Å²) in [7, 11) is 0. The van der Waals surface area contributed by atoms with Gasteiger partial charge in [0.1, 0.15) is 5.75 Å². The van der Waals surface area contributed by atoms with Crippen LogP contribution in [0.3, 0.4) is 0 Å². The van der Waals surface area contributed by atoms with Crippen molar-refractivity contribution in [1.29, 1.82) is 0 Å². The van der Waals surface area contributed by atoms with Crippen LogP contribution < -0.4 is 0 Å². The van der Waals surface area contributed by atoms with Crippen molar-refractivity contribution in [3.8, 4) is 11.4 Å². The highest BCUT2D eigenvalue weighted by Crippen LogP contribution is 2.20. The quantitative estimate of drug-likeness (QED) is 0.654. The van der Waals surface area contributed by atoms with Gasteiger partial charge in [0.15, 0.2) is 0 Å². The van der Waals surface area contributed by atoms with Crippen molar-refractivity contribution >= 4 is 17.7 Å². The summed E-state index contributed by atoms with van der Waals surface area (Å²) in [5, 5.41) is 21.6. The minimum absolute atomic E-state index is 0.118. The van der Waals surface area contributed by atoms with Crippen LogP contribution in [0.1, 0.15) is 39.5 Å². The number of carbonyl (C=O) groups is 1. The second-order valence-corrected chi connectivity index (χ2v) is 6.71. The molecule has 0 atom stereocenters. The van der Waals surface area contributed by atoms with Gasteiger partial charge < -0.3 is 10.0 Å². The van der Waals surface area contributed by atoms with Crippen molar-refractivity contribution in [3.05, 3.63) is 24.3 Å². The molecule has 7 nitrogen and oxygen atoms in total. The Bertz CT molecular complexity index is 651. The van der Waals surface area contributed by atoms with Crippen molar-refractivity contribution in [2.45, 2.75) is 44.7 Å². The number of benzene rings is 1. The summed E-state index contributed by atoms with van der Waals surface area (Å²) in [6.45, 7) is 5.86. The Morgan fingerprint density at radius 3 is 2.40 bits per heavy atom. The van der Waals surface area contributed by atoms with E-state index in [9.17, 15) is 9.90 Å². The van der Waals surface area contributed by atoms with Crippen LogP contribution in [0.15, 0.2) is 29.4 Å². The van der Waals surface area contributed by atoms with Crippen LogP contribution in [-0.2, 0) is 4.79 Å². The van der Waals surface area contributed by atoms with E-state index in [-0.39, 0.29) is 11.7 Å². The summed E-state index contributed by atoms with van der Waals surface area (Å²) in [6, 6.07) is 6.61. The van der Waals surface area contributed by atoms with E-state index in [1.54, 1.807) is 28.9 Å². The Hall–Kier alpha value is -2.09. The zero-order chi connectivity index (χ0) is 18.1. The number of tetrazole rings is 1. The highest BCUT2D eigenvalue weighted by atomic mass is 32.2. The van der Waals surface area contributed by atoms with Gasteiger partial charge in [-0.2, -0.15) is 4.68 Å². The Balaban J connectivity index is 1.99. The molecule has 1 aromatic heterocycles. The van der Waals surface area contributed by atoms with Gasteiger partial charge in [0.05, 0.1) is 11.4 Å². The lowest BCUT2D eigenvalue weighted by Gasteiger charge is -2.22. The van der Waals surface area contributed by atoms with Crippen molar-refractivity contribution < 1.29 is 9.90 Å². The molecule has 1 N–H and O–H groups in total. The third kappa shape index (κ3) is 5.74. The van der Waals surface area contributed by atoms with Crippen molar-refractivity contribution in [1.82, 2.24) is 25.1 Å². The maximum atomic E-state index is 12.5. The molecule has 0 spiro atoms. The summed E-state index contributed by atoms with van der Waals surface area (Å²) < 4.78 is 1.57. The van der Waals surface area contributed by atoms with Gasteiger partial charge in [-0.05, 0) is 47.5 Å². The van der Waals surface area contributed by atoms with Crippen LogP contribution in [0, 0.1) is 0 Å². The lowest BCUT2D eigenvalue weighted by atomic mass is 10.2. The first-order valence-corrected chi connectivity index (χ1v) is 9.62. The SMILES string of the molecule is CCCCN(CCCC)C(=O)CSc1nnnn1-c1ccc(O)cc1. The number of hydrogen-bond donors (Lipinski definition) is 1. The molecule has 0 aliphatic rings. The maximum Gasteiger partial charge on any atom is 0.233 e. The molecular weight excluding hydrogens is 338 g/mol.